The summed E-state index contributed by atoms with van der Waals surface area (Å²) in [5.74, 6) is 0.0878. The summed E-state index contributed by atoms with van der Waals surface area (Å²) in [6.07, 6.45) is 5.00. The van der Waals surface area contributed by atoms with Crippen LogP contribution in [-0.2, 0) is 4.79 Å². The van der Waals surface area contributed by atoms with Gasteiger partial charge in [-0.25, -0.2) is 4.79 Å². The van der Waals surface area contributed by atoms with Crippen LogP contribution in [0.4, 0.5) is 10.5 Å². The second kappa shape index (κ2) is 8.87. The molecule has 1 spiro atoms. The Labute approximate surface area is 188 Å². The Morgan fingerprint density at radius 1 is 1.26 bits per heavy atom. The highest BCUT2D eigenvalue weighted by Gasteiger charge is 2.62. The lowest BCUT2D eigenvalue weighted by atomic mass is 9.63. The zero-order valence-corrected chi connectivity index (χ0v) is 18.8. The molecular weight excluding hydrogens is 412 g/mol. The first-order valence-corrected chi connectivity index (χ1v) is 11.4. The molecule has 0 saturated carbocycles. The number of halogens is 1. The van der Waals surface area contributed by atoms with Crippen LogP contribution in [0.1, 0.15) is 51.3 Å². The molecule has 6 nitrogen and oxygen atoms in total. The van der Waals surface area contributed by atoms with Crippen molar-refractivity contribution in [2.75, 3.05) is 18.0 Å². The molecule has 2 aliphatic heterocycles. The number of pyridine rings is 1. The average Bonchev–Trinajstić information content (AvgIpc) is 2.77. The third-order valence-electron chi connectivity index (χ3n) is 6.52. The van der Waals surface area contributed by atoms with E-state index in [9.17, 15) is 9.59 Å². The Morgan fingerprint density at radius 2 is 2.03 bits per heavy atom. The van der Waals surface area contributed by atoms with Gasteiger partial charge in [0.05, 0.1) is 17.2 Å². The standard InChI is InChI=1S/C24H29ClN4O2/c1-3-7-17(2)27-23(31)28-14-11-24(12-15-28)21(20-10-4-5-13-26-20)29(22(24)30)19-9-6-8-18(25)16-19/h4-6,8-10,13,16-17,21H,3,7,11-12,14-15H2,1-2H3,(H,27,31). The molecule has 2 unspecified atom stereocenters. The largest absolute Gasteiger partial charge is 0.336 e. The van der Waals surface area contributed by atoms with Crippen LogP contribution in [0.25, 0.3) is 0 Å². The van der Waals surface area contributed by atoms with Crippen molar-refractivity contribution in [1.29, 1.82) is 0 Å². The van der Waals surface area contributed by atoms with Gasteiger partial charge >= 0.3 is 6.03 Å². The lowest BCUT2D eigenvalue weighted by Crippen LogP contribution is -2.67. The van der Waals surface area contributed by atoms with E-state index in [2.05, 4.69) is 17.2 Å². The number of amides is 3. The topological polar surface area (TPSA) is 65.5 Å². The first-order valence-electron chi connectivity index (χ1n) is 11.0. The predicted octanol–water partition coefficient (Wildman–Crippen LogP) is 4.80. The molecule has 0 bridgehead atoms. The van der Waals surface area contributed by atoms with E-state index in [-0.39, 0.29) is 24.0 Å². The van der Waals surface area contributed by atoms with Crippen LogP contribution in [0.15, 0.2) is 48.7 Å². The average molecular weight is 441 g/mol. The number of hydrogen-bond donors (Lipinski definition) is 1. The van der Waals surface area contributed by atoms with Crippen LogP contribution in [0.3, 0.4) is 0 Å². The van der Waals surface area contributed by atoms with Gasteiger partial charge in [0.15, 0.2) is 0 Å². The summed E-state index contributed by atoms with van der Waals surface area (Å²) >= 11 is 6.20. The van der Waals surface area contributed by atoms with Gasteiger partial charge in [0, 0.05) is 36.0 Å². The first-order chi connectivity index (χ1) is 15.0. The molecule has 0 radical (unpaired) electrons. The number of nitrogens with one attached hydrogen (secondary N) is 1. The molecule has 1 aromatic carbocycles. The van der Waals surface area contributed by atoms with Gasteiger partial charge in [0.2, 0.25) is 5.91 Å². The van der Waals surface area contributed by atoms with Gasteiger partial charge in [-0.2, -0.15) is 0 Å². The number of likely N-dealkylation sites (tertiary alicyclic amines) is 1. The van der Waals surface area contributed by atoms with E-state index in [1.807, 2.05) is 53.1 Å². The number of carbonyl (C=O) groups excluding carboxylic acids is 2. The van der Waals surface area contributed by atoms with E-state index in [1.54, 1.807) is 12.3 Å². The quantitative estimate of drug-likeness (QED) is 0.679. The summed E-state index contributed by atoms with van der Waals surface area (Å²) in [5, 5.41) is 3.67. The van der Waals surface area contributed by atoms with E-state index in [0.29, 0.717) is 31.0 Å². The van der Waals surface area contributed by atoms with E-state index in [1.165, 1.54) is 0 Å². The van der Waals surface area contributed by atoms with Crippen molar-refractivity contribution in [2.45, 2.75) is 51.6 Å². The number of carbonyl (C=O) groups is 2. The van der Waals surface area contributed by atoms with Crippen molar-refractivity contribution >= 4 is 29.2 Å². The highest BCUT2D eigenvalue weighted by molar-refractivity contribution is 6.31. The van der Waals surface area contributed by atoms with Crippen molar-refractivity contribution < 1.29 is 9.59 Å². The number of nitrogens with zero attached hydrogens (tertiary/aromatic N) is 3. The first kappa shape index (κ1) is 21.6. The van der Waals surface area contributed by atoms with Crippen molar-refractivity contribution in [1.82, 2.24) is 15.2 Å². The molecule has 31 heavy (non-hydrogen) atoms. The van der Waals surface area contributed by atoms with Crippen molar-refractivity contribution in [3.8, 4) is 0 Å². The number of benzene rings is 1. The van der Waals surface area contributed by atoms with Gasteiger partial charge in [-0.3, -0.25) is 9.78 Å². The van der Waals surface area contributed by atoms with Crippen molar-refractivity contribution in [3.05, 3.63) is 59.4 Å². The van der Waals surface area contributed by atoms with E-state index < -0.39 is 5.41 Å². The number of piperidine rings is 1. The third kappa shape index (κ3) is 4.01. The number of aromatic nitrogens is 1. The highest BCUT2D eigenvalue weighted by atomic mass is 35.5. The Balaban J connectivity index is 1.55. The zero-order chi connectivity index (χ0) is 22.0. The number of β-lactam (4-membered cyclic amide) rings is 1. The highest BCUT2D eigenvalue weighted by Crippen LogP contribution is 2.57. The number of hydrogen-bond acceptors (Lipinski definition) is 3. The minimum atomic E-state index is -0.539. The molecule has 3 amide bonds. The van der Waals surface area contributed by atoms with Crippen LogP contribution >= 0.6 is 11.6 Å². The normalized spacial score (nSPS) is 21.0. The molecule has 3 heterocycles. The molecule has 1 N–H and O–H groups in total. The summed E-state index contributed by atoms with van der Waals surface area (Å²) in [5.41, 5.74) is 1.12. The van der Waals surface area contributed by atoms with Crippen LogP contribution in [0, 0.1) is 5.41 Å². The smallest absolute Gasteiger partial charge is 0.317 e. The van der Waals surface area contributed by atoms with E-state index >= 15 is 0 Å². The molecule has 0 aliphatic carbocycles. The zero-order valence-electron chi connectivity index (χ0n) is 18.1. The lowest BCUT2D eigenvalue weighted by Gasteiger charge is -2.58. The maximum absolute atomic E-state index is 13.5. The molecular formula is C24H29ClN4O2. The molecule has 2 atom stereocenters. The molecule has 7 heteroatoms. The van der Waals surface area contributed by atoms with Crippen LogP contribution in [0.2, 0.25) is 5.02 Å². The van der Waals surface area contributed by atoms with Gasteiger partial charge in [0.25, 0.3) is 0 Å². The Bertz CT molecular complexity index is 944. The Kier molecular flexibility index (Phi) is 6.19. The second-order valence-electron chi connectivity index (χ2n) is 8.59. The van der Waals surface area contributed by atoms with Crippen LogP contribution in [0.5, 0.6) is 0 Å². The van der Waals surface area contributed by atoms with Gasteiger partial charge in [-0.05, 0) is 56.5 Å². The fourth-order valence-corrected chi connectivity index (χ4v) is 5.09. The van der Waals surface area contributed by atoms with Crippen molar-refractivity contribution in [3.63, 3.8) is 0 Å². The lowest BCUT2D eigenvalue weighted by molar-refractivity contribution is -0.144. The van der Waals surface area contributed by atoms with E-state index in [4.69, 9.17) is 11.6 Å². The molecule has 2 fully saturated rings. The second-order valence-corrected chi connectivity index (χ2v) is 9.03. The number of urea groups is 1. The van der Waals surface area contributed by atoms with Gasteiger partial charge in [-0.15, -0.1) is 0 Å². The number of rotatable bonds is 5. The summed E-state index contributed by atoms with van der Waals surface area (Å²) in [6.45, 7) is 5.26. The summed E-state index contributed by atoms with van der Waals surface area (Å²) < 4.78 is 0. The fraction of sp³-hybridized carbons (Fsp3) is 0.458. The maximum atomic E-state index is 13.5. The molecule has 2 saturated heterocycles. The third-order valence-corrected chi connectivity index (χ3v) is 6.75. The monoisotopic (exact) mass is 440 g/mol. The number of anilines is 1. The maximum Gasteiger partial charge on any atom is 0.317 e. The Morgan fingerprint density at radius 3 is 2.68 bits per heavy atom. The minimum absolute atomic E-state index is 0.0383. The van der Waals surface area contributed by atoms with Crippen molar-refractivity contribution in [2.24, 2.45) is 5.41 Å². The Hall–Kier alpha value is -2.60. The summed E-state index contributed by atoms with van der Waals surface area (Å²) in [4.78, 5) is 34.4. The molecule has 2 aromatic rings. The van der Waals surface area contributed by atoms with E-state index in [0.717, 1.165) is 24.2 Å². The van der Waals surface area contributed by atoms with Gasteiger partial charge in [0.1, 0.15) is 0 Å². The molecule has 4 rings (SSSR count). The molecule has 2 aliphatic rings. The minimum Gasteiger partial charge on any atom is -0.336 e. The molecule has 1 aromatic heterocycles. The van der Waals surface area contributed by atoms with Gasteiger partial charge in [-0.1, -0.05) is 37.1 Å². The molecule has 164 valence electrons. The van der Waals surface area contributed by atoms with Crippen LogP contribution < -0.4 is 10.2 Å². The van der Waals surface area contributed by atoms with Gasteiger partial charge < -0.3 is 15.1 Å². The summed E-state index contributed by atoms with van der Waals surface area (Å²) in [7, 11) is 0. The SMILES string of the molecule is CCCC(C)NC(=O)N1CCC2(CC1)C(=O)N(c1cccc(Cl)c1)C2c1ccccn1. The van der Waals surface area contributed by atoms with Crippen LogP contribution in [-0.4, -0.2) is 41.0 Å². The summed E-state index contributed by atoms with van der Waals surface area (Å²) in [6, 6.07) is 13.1. The fourth-order valence-electron chi connectivity index (χ4n) is 4.90. The predicted molar refractivity (Wildman–Crippen MR) is 122 cm³/mol.